The van der Waals surface area contributed by atoms with Crippen molar-refractivity contribution in [1.82, 2.24) is 5.32 Å². The van der Waals surface area contributed by atoms with Gasteiger partial charge in [-0.2, -0.15) is 0 Å². The number of rotatable bonds is 4. The molecule has 0 aromatic carbocycles. The standard InChI is InChI=1S/C14H27NO3/c1-13(2,3)18-12(17)15-14(10-7-11-16)8-5-4-6-9-14/h16H,4-11H2,1-3H3,(H,15,17). The summed E-state index contributed by atoms with van der Waals surface area (Å²) in [6, 6.07) is 0. The second-order valence-electron chi connectivity index (χ2n) is 6.30. The summed E-state index contributed by atoms with van der Waals surface area (Å²) in [6.45, 7) is 5.79. The fourth-order valence-corrected chi connectivity index (χ4v) is 2.60. The van der Waals surface area contributed by atoms with Crippen molar-refractivity contribution in [3.05, 3.63) is 0 Å². The molecule has 18 heavy (non-hydrogen) atoms. The van der Waals surface area contributed by atoms with Crippen molar-refractivity contribution < 1.29 is 14.6 Å². The molecule has 1 rings (SSSR count). The van der Waals surface area contributed by atoms with E-state index in [0.29, 0.717) is 0 Å². The van der Waals surface area contributed by atoms with E-state index in [9.17, 15) is 4.79 Å². The van der Waals surface area contributed by atoms with Crippen molar-refractivity contribution in [3.8, 4) is 0 Å². The molecule has 0 aromatic heterocycles. The lowest BCUT2D eigenvalue weighted by Gasteiger charge is -2.38. The van der Waals surface area contributed by atoms with Crippen molar-refractivity contribution in [3.63, 3.8) is 0 Å². The summed E-state index contributed by atoms with van der Waals surface area (Å²) in [5.74, 6) is 0. The van der Waals surface area contributed by atoms with Gasteiger partial charge in [-0.05, 0) is 46.5 Å². The molecule has 0 radical (unpaired) electrons. The van der Waals surface area contributed by atoms with Gasteiger partial charge in [-0.3, -0.25) is 0 Å². The van der Waals surface area contributed by atoms with Crippen LogP contribution in [0.25, 0.3) is 0 Å². The molecular weight excluding hydrogens is 230 g/mol. The Morgan fingerprint density at radius 1 is 1.28 bits per heavy atom. The maximum Gasteiger partial charge on any atom is 0.408 e. The van der Waals surface area contributed by atoms with Gasteiger partial charge in [-0.25, -0.2) is 4.79 Å². The number of carbonyl (C=O) groups is 1. The highest BCUT2D eigenvalue weighted by molar-refractivity contribution is 5.68. The average Bonchev–Trinajstić information content (AvgIpc) is 2.25. The summed E-state index contributed by atoms with van der Waals surface area (Å²) in [6.07, 6.45) is 6.73. The van der Waals surface area contributed by atoms with Crippen molar-refractivity contribution in [1.29, 1.82) is 0 Å². The van der Waals surface area contributed by atoms with Crippen LogP contribution in [0.15, 0.2) is 0 Å². The molecule has 0 atom stereocenters. The van der Waals surface area contributed by atoms with E-state index in [2.05, 4.69) is 5.32 Å². The SMILES string of the molecule is CC(C)(C)OC(=O)NC1(CCCO)CCCCC1. The summed E-state index contributed by atoms with van der Waals surface area (Å²) in [4.78, 5) is 11.9. The van der Waals surface area contributed by atoms with Gasteiger partial charge in [0.15, 0.2) is 0 Å². The molecule has 4 heteroatoms. The Balaban J connectivity index is 2.57. The van der Waals surface area contributed by atoms with Crippen LogP contribution in [0, 0.1) is 0 Å². The monoisotopic (exact) mass is 257 g/mol. The van der Waals surface area contributed by atoms with Gasteiger partial charge in [-0.15, -0.1) is 0 Å². The van der Waals surface area contributed by atoms with Crippen LogP contribution >= 0.6 is 0 Å². The average molecular weight is 257 g/mol. The quantitative estimate of drug-likeness (QED) is 0.814. The Labute approximate surface area is 110 Å². The van der Waals surface area contributed by atoms with Gasteiger partial charge in [0.05, 0.1) is 0 Å². The summed E-state index contributed by atoms with van der Waals surface area (Å²) >= 11 is 0. The molecular formula is C14H27NO3. The minimum atomic E-state index is -0.461. The van der Waals surface area contributed by atoms with Crippen LogP contribution in [0.3, 0.4) is 0 Å². The van der Waals surface area contributed by atoms with Crippen molar-refractivity contribution in [2.75, 3.05) is 6.61 Å². The largest absolute Gasteiger partial charge is 0.444 e. The van der Waals surface area contributed by atoms with Gasteiger partial charge >= 0.3 is 6.09 Å². The van der Waals surface area contributed by atoms with Crippen molar-refractivity contribution in [2.45, 2.75) is 76.9 Å². The normalized spacial score (nSPS) is 19.3. The number of aliphatic hydroxyl groups is 1. The van der Waals surface area contributed by atoms with E-state index in [1.54, 1.807) is 0 Å². The summed E-state index contributed by atoms with van der Waals surface area (Å²) in [5.41, 5.74) is -0.625. The Morgan fingerprint density at radius 3 is 2.39 bits per heavy atom. The lowest BCUT2D eigenvalue weighted by atomic mass is 9.78. The number of aliphatic hydroxyl groups excluding tert-OH is 1. The van der Waals surface area contributed by atoms with Gasteiger partial charge in [0.2, 0.25) is 0 Å². The first-order chi connectivity index (χ1) is 8.37. The zero-order chi connectivity index (χ0) is 13.6. The molecule has 0 aromatic rings. The van der Waals surface area contributed by atoms with Gasteiger partial charge in [0, 0.05) is 12.1 Å². The van der Waals surface area contributed by atoms with E-state index >= 15 is 0 Å². The Morgan fingerprint density at radius 2 is 1.89 bits per heavy atom. The number of amides is 1. The van der Waals surface area contributed by atoms with Crippen molar-refractivity contribution >= 4 is 6.09 Å². The number of alkyl carbamates (subject to hydrolysis) is 1. The molecule has 0 aliphatic heterocycles. The van der Waals surface area contributed by atoms with Gasteiger partial charge in [0.25, 0.3) is 0 Å². The number of hydrogen-bond donors (Lipinski definition) is 2. The van der Waals surface area contributed by atoms with Crippen molar-refractivity contribution in [2.24, 2.45) is 0 Å². The number of carbonyl (C=O) groups excluding carboxylic acids is 1. The molecule has 2 N–H and O–H groups in total. The molecule has 4 nitrogen and oxygen atoms in total. The molecule has 0 bridgehead atoms. The minimum Gasteiger partial charge on any atom is -0.444 e. The molecule has 1 fully saturated rings. The Bertz CT molecular complexity index is 265. The zero-order valence-corrected chi connectivity index (χ0v) is 11.9. The third kappa shape index (κ3) is 5.25. The fourth-order valence-electron chi connectivity index (χ4n) is 2.60. The molecule has 1 amide bonds. The zero-order valence-electron chi connectivity index (χ0n) is 11.9. The highest BCUT2D eigenvalue weighted by Gasteiger charge is 2.34. The highest BCUT2D eigenvalue weighted by Crippen LogP contribution is 2.32. The predicted octanol–water partition coefficient (Wildman–Crippen LogP) is 2.99. The molecule has 1 aliphatic carbocycles. The van der Waals surface area contributed by atoms with Gasteiger partial charge in [-0.1, -0.05) is 19.3 Å². The molecule has 106 valence electrons. The third-order valence-corrected chi connectivity index (χ3v) is 3.39. The molecule has 0 unspecified atom stereocenters. The maximum absolute atomic E-state index is 11.9. The van der Waals surface area contributed by atoms with E-state index in [1.807, 2.05) is 20.8 Å². The number of ether oxygens (including phenoxy) is 1. The van der Waals surface area contributed by atoms with Crippen LogP contribution in [0.4, 0.5) is 4.79 Å². The van der Waals surface area contributed by atoms with Crippen LogP contribution in [0.2, 0.25) is 0 Å². The van der Waals surface area contributed by atoms with E-state index < -0.39 is 5.60 Å². The number of hydrogen-bond acceptors (Lipinski definition) is 3. The van der Waals surface area contributed by atoms with Crippen LogP contribution < -0.4 is 5.32 Å². The lowest BCUT2D eigenvalue weighted by molar-refractivity contribution is 0.0408. The van der Waals surface area contributed by atoms with Crippen LogP contribution in [0.5, 0.6) is 0 Å². The molecule has 0 heterocycles. The van der Waals surface area contributed by atoms with E-state index in [0.717, 1.165) is 38.5 Å². The number of nitrogens with one attached hydrogen (secondary N) is 1. The first kappa shape index (κ1) is 15.3. The molecule has 0 saturated heterocycles. The molecule has 1 aliphatic rings. The summed E-state index contributed by atoms with van der Waals surface area (Å²) in [5, 5.41) is 12.0. The van der Waals surface area contributed by atoms with Gasteiger partial charge < -0.3 is 15.2 Å². The summed E-state index contributed by atoms with van der Waals surface area (Å²) < 4.78 is 5.33. The Kier molecular flexibility index (Phi) is 5.45. The molecule has 0 spiro atoms. The van der Waals surface area contributed by atoms with Gasteiger partial charge in [0.1, 0.15) is 5.60 Å². The lowest BCUT2D eigenvalue weighted by Crippen LogP contribution is -2.51. The fraction of sp³-hybridized carbons (Fsp3) is 0.929. The first-order valence-electron chi connectivity index (χ1n) is 6.99. The second-order valence-corrected chi connectivity index (χ2v) is 6.30. The van der Waals surface area contributed by atoms with Crippen LogP contribution in [0.1, 0.15) is 65.7 Å². The highest BCUT2D eigenvalue weighted by atomic mass is 16.6. The Hall–Kier alpha value is -0.770. The van der Waals surface area contributed by atoms with E-state index in [1.165, 1.54) is 6.42 Å². The third-order valence-electron chi connectivity index (χ3n) is 3.39. The second kappa shape index (κ2) is 6.41. The van der Waals surface area contributed by atoms with E-state index in [4.69, 9.17) is 9.84 Å². The molecule has 1 saturated carbocycles. The predicted molar refractivity (Wildman–Crippen MR) is 71.5 cm³/mol. The maximum atomic E-state index is 11.9. The topological polar surface area (TPSA) is 58.6 Å². The van der Waals surface area contributed by atoms with Crippen LogP contribution in [-0.2, 0) is 4.74 Å². The minimum absolute atomic E-state index is 0.163. The van der Waals surface area contributed by atoms with Crippen LogP contribution in [-0.4, -0.2) is 28.9 Å². The summed E-state index contributed by atoms with van der Waals surface area (Å²) in [7, 11) is 0. The smallest absolute Gasteiger partial charge is 0.408 e. The first-order valence-corrected chi connectivity index (χ1v) is 6.99. The van der Waals surface area contributed by atoms with E-state index in [-0.39, 0.29) is 18.2 Å².